The predicted octanol–water partition coefficient (Wildman–Crippen LogP) is 2.79. The summed E-state index contributed by atoms with van der Waals surface area (Å²) in [5, 5.41) is 10.3. The standard InChI is InChI=1S/C13H15ClN4O2/c1-6-8-10(14)16-13(15)17-11(8)18(9(6)12(19)20)7-4-2-3-5-7/h7H,2-5H2,1H3,(H,19,20)(H2,15,16,17). The molecule has 1 fully saturated rings. The fourth-order valence-corrected chi connectivity index (χ4v) is 3.43. The lowest BCUT2D eigenvalue weighted by molar-refractivity contribution is 0.0682. The largest absolute Gasteiger partial charge is 0.477 e. The van der Waals surface area contributed by atoms with Crippen molar-refractivity contribution in [2.75, 3.05) is 5.73 Å². The zero-order valence-corrected chi connectivity index (χ0v) is 11.8. The molecule has 0 atom stereocenters. The Bertz CT molecular complexity index is 704. The Morgan fingerprint density at radius 3 is 2.65 bits per heavy atom. The van der Waals surface area contributed by atoms with Crippen molar-refractivity contribution in [2.24, 2.45) is 0 Å². The molecule has 6 nitrogen and oxygen atoms in total. The van der Waals surface area contributed by atoms with Crippen LogP contribution in [-0.2, 0) is 0 Å². The summed E-state index contributed by atoms with van der Waals surface area (Å²) in [5.74, 6) is -0.904. The molecule has 0 radical (unpaired) electrons. The predicted molar refractivity (Wildman–Crippen MR) is 76.2 cm³/mol. The van der Waals surface area contributed by atoms with Gasteiger partial charge in [0, 0.05) is 6.04 Å². The number of hydrogen-bond acceptors (Lipinski definition) is 4. The van der Waals surface area contributed by atoms with Crippen molar-refractivity contribution in [3.8, 4) is 0 Å². The Morgan fingerprint density at radius 1 is 1.40 bits per heavy atom. The summed E-state index contributed by atoms with van der Waals surface area (Å²) in [5.41, 5.74) is 7.04. The van der Waals surface area contributed by atoms with Crippen LogP contribution in [0.4, 0.5) is 5.95 Å². The third kappa shape index (κ3) is 1.83. The van der Waals surface area contributed by atoms with Gasteiger partial charge in [-0.2, -0.15) is 4.98 Å². The van der Waals surface area contributed by atoms with Crippen LogP contribution >= 0.6 is 11.6 Å². The molecule has 3 rings (SSSR count). The number of carboxylic acid groups (broad SMARTS) is 1. The summed E-state index contributed by atoms with van der Waals surface area (Å²) in [6, 6.07) is 0.141. The van der Waals surface area contributed by atoms with Gasteiger partial charge in [0.25, 0.3) is 0 Å². The number of nitrogens with two attached hydrogens (primary N) is 1. The van der Waals surface area contributed by atoms with Crippen molar-refractivity contribution in [2.45, 2.75) is 38.6 Å². The van der Waals surface area contributed by atoms with Crippen molar-refractivity contribution in [1.29, 1.82) is 0 Å². The first kappa shape index (κ1) is 13.2. The lowest BCUT2D eigenvalue weighted by atomic mass is 10.2. The number of rotatable bonds is 2. The first-order valence-corrected chi connectivity index (χ1v) is 6.95. The minimum atomic E-state index is -0.970. The molecule has 1 aliphatic rings. The maximum Gasteiger partial charge on any atom is 0.352 e. The Balaban J connectivity index is 2.39. The van der Waals surface area contributed by atoms with E-state index in [1.165, 1.54) is 0 Å². The van der Waals surface area contributed by atoms with Gasteiger partial charge in [-0.3, -0.25) is 0 Å². The van der Waals surface area contributed by atoms with Gasteiger partial charge in [0.15, 0.2) is 0 Å². The molecule has 0 unspecified atom stereocenters. The first-order chi connectivity index (χ1) is 9.50. The molecule has 2 aromatic rings. The van der Waals surface area contributed by atoms with Crippen molar-refractivity contribution < 1.29 is 9.90 Å². The minimum Gasteiger partial charge on any atom is -0.477 e. The van der Waals surface area contributed by atoms with E-state index in [2.05, 4.69) is 9.97 Å². The van der Waals surface area contributed by atoms with Gasteiger partial charge in [-0.1, -0.05) is 24.4 Å². The van der Waals surface area contributed by atoms with Crippen LogP contribution in [0.3, 0.4) is 0 Å². The highest BCUT2D eigenvalue weighted by atomic mass is 35.5. The molecule has 7 heteroatoms. The van der Waals surface area contributed by atoms with Gasteiger partial charge in [-0.15, -0.1) is 0 Å². The van der Waals surface area contributed by atoms with E-state index in [4.69, 9.17) is 17.3 Å². The average molecular weight is 295 g/mol. The fraction of sp³-hybridized carbons (Fsp3) is 0.462. The zero-order valence-electron chi connectivity index (χ0n) is 11.1. The summed E-state index contributed by atoms with van der Waals surface area (Å²) >= 11 is 6.13. The first-order valence-electron chi connectivity index (χ1n) is 6.57. The summed E-state index contributed by atoms with van der Waals surface area (Å²) in [4.78, 5) is 19.8. The molecule has 0 saturated heterocycles. The number of halogens is 1. The molecule has 1 saturated carbocycles. The summed E-state index contributed by atoms with van der Waals surface area (Å²) in [6.45, 7) is 1.74. The number of aromatic nitrogens is 3. The fourth-order valence-electron chi connectivity index (χ4n) is 3.12. The number of carbonyl (C=O) groups is 1. The molecule has 0 spiro atoms. The zero-order chi connectivity index (χ0) is 14.4. The SMILES string of the molecule is Cc1c(C(=O)O)n(C2CCCC2)c2nc(N)nc(Cl)c12. The van der Waals surface area contributed by atoms with Gasteiger partial charge in [0.2, 0.25) is 5.95 Å². The van der Waals surface area contributed by atoms with Gasteiger partial charge in [-0.25, -0.2) is 9.78 Å². The van der Waals surface area contributed by atoms with Gasteiger partial charge < -0.3 is 15.4 Å². The molecule has 1 aliphatic carbocycles. The molecule has 3 N–H and O–H groups in total. The lowest BCUT2D eigenvalue weighted by Gasteiger charge is -2.15. The number of nitrogen functional groups attached to an aromatic ring is 1. The van der Waals surface area contributed by atoms with Crippen LogP contribution in [0.25, 0.3) is 11.0 Å². The van der Waals surface area contributed by atoms with E-state index in [1.807, 2.05) is 0 Å². The molecule has 2 aromatic heterocycles. The number of carboxylic acids is 1. The van der Waals surface area contributed by atoms with Crippen LogP contribution < -0.4 is 5.73 Å². The number of aryl methyl sites for hydroxylation is 1. The third-order valence-corrected chi connectivity index (χ3v) is 4.23. The molecule has 0 aliphatic heterocycles. The Hall–Kier alpha value is -1.82. The highest BCUT2D eigenvalue weighted by Gasteiger charge is 2.29. The molecular weight excluding hydrogens is 280 g/mol. The van der Waals surface area contributed by atoms with Gasteiger partial charge >= 0.3 is 5.97 Å². The van der Waals surface area contributed by atoms with Crippen LogP contribution in [0.2, 0.25) is 5.15 Å². The summed E-state index contributed by atoms with van der Waals surface area (Å²) in [6.07, 6.45) is 4.09. The van der Waals surface area contributed by atoms with E-state index >= 15 is 0 Å². The van der Waals surface area contributed by atoms with Gasteiger partial charge in [0.05, 0.1) is 5.39 Å². The van der Waals surface area contributed by atoms with E-state index in [1.54, 1.807) is 11.5 Å². The maximum absolute atomic E-state index is 11.6. The van der Waals surface area contributed by atoms with Crippen molar-refractivity contribution in [1.82, 2.24) is 14.5 Å². The number of aromatic carboxylic acids is 1. The highest BCUT2D eigenvalue weighted by Crippen LogP contribution is 2.38. The second kappa shape index (κ2) is 4.63. The smallest absolute Gasteiger partial charge is 0.352 e. The van der Waals surface area contributed by atoms with Crippen molar-refractivity contribution in [3.05, 3.63) is 16.4 Å². The molecule has 2 heterocycles. The van der Waals surface area contributed by atoms with E-state index in [-0.39, 0.29) is 22.8 Å². The van der Waals surface area contributed by atoms with Gasteiger partial charge in [0.1, 0.15) is 16.5 Å². The normalized spacial score (nSPS) is 16.1. The van der Waals surface area contributed by atoms with E-state index in [9.17, 15) is 9.90 Å². The summed E-state index contributed by atoms with van der Waals surface area (Å²) in [7, 11) is 0. The lowest BCUT2D eigenvalue weighted by Crippen LogP contribution is -2.14. The van der Waals surface area contributed by atoms with Crippen molar-refractivity contribution >= 4 is 34.6 Å². The number of nitrogens with zero attached hydrogens (tertiary/aromatic N) is 3. The molecular formula is C13H15ClN4O2. The van der Waals surface area contributed by atoms with Gasteiger partial charge in [-0.05, 0) is 25.3 Å². The van der Waals surface area contributed by atoms with Crippen LogP contribution in [0.5, 0.6) is 0 Å². The molecule has 0 amide bonds. The van der Waals surface area contributed by atoms with E-state index in [0.717, 1.165) is 25.7 Å². The van der Waals surface area contributed by atoms with Crippen LogP contribution in [0.1, 0.15) is 47.8 Å². The number of fused-ring (bicyclic) bond motifs is 1. The van der Waals surface area contributed by atoms with Crippen LogP contribution in [0, 0.1) is 6.92 Å². The third-order valence-electron chi connectivity index (χ3n) is 3.95. The van der Waals surface area contributed by atoms with Crippen LogP contribution in [-0.4, -0.2) is 25.6 Å². The second-order valence-corrected chi connectivity index (χ2v) is 5.52. The monoisotopic (exact) mass is 294 g/mol. The minimum absolute atomic E-state index is 0.0659. The number of hydrogen-bond donors (Lipinski definition) is 2. The number of anilines is 1. The average Bonchev–Trinajstić information content (AvgIpc) is 2.94. The van der Waals surface area contributed by atoms with Crippen molar-refractivity contribution in [3.63, 3.8) is 0 Å². The van der Waals surface area contributed by atoms with Crippen LogP contribution in [0.15, 0.2) is 0 Å². The molecule has 106 valence electrons. The van der Waals surface area contributed by atoms with E-state index < -0.39 is 5.97 Å². The molecule has 0 bridgehead atoms. The Labute approximate surface area is 120 Å². The Morgan fingerprint density at radius 2 is 2.05 bits per heavy atom. The Kier molecular flexibility index (Phi) is 3.05. The molecule has 0 aromatic carbocycles. The molecule has 20 heavy (non-hydrogen) atoms. The maximum atomic E-state index is 11.6. The quantitative estimate of drug-likeness (QED) is 0.831. The second-order valence-electron chi connectivity index (χ2n) is 5.16. The summed E-state index contributed by atoms with van der Waals surface area (Å²) < 4.78 is 1.78. The highest BCUT2D eigenvalue weighted by molar-refractivity contribution is 6.34. The van der Waals surface area contributed by atoms with E-state index in [0.29, 0.717) is 16.6 Å². The topological polar surface area (TPSA) is 94.0 Å².